The Morgan fingerprint density at radius 3 is 2.31 bits per heavy atom. The third-order valence-electron chi connectivity index (χ3n) is 8.54. The first kappa shape index (κ1) is 37.6. The van der Waals surface area contributed by atoms with Crippen LogP contribution in [0.3, 0.4) is 0 Å². The zero-order chi connectivity index (χ0) is 38.4. The van der Waals surface area contributed by atoms with Gasteiger partial charge in [0.2, 0.25) is 0 Å². The van der Waals surface area contributed by atoms with Crippen molar-refractivity contribution in [3.63, 3.8) is 0 Å². The molecule has 1 fully saturated rings. The number of aryl methyl sites for hydroxylation is 1. The largest absolute Gasteiger partial charge is 0.464 e. The van der Waals surface area contributed by atoms with Crippen molar-refractivity contribution in [2.75, 3.05) is 24.5 Å². The van der Waals surface area contributed by atoms with Gasteiger partial charge in [0.05, 0.1) is 18.0 Å². The van der Waals surface area contributed by atoms with E-state index in [4.69, 9.17) is 9.47 Å². The van der Waals surface area contributed by atoms with Gasteiger partial charge in [0.25, 0.3) is 21.5 Å². The highest BCUT2D eigenvalue weighted by Gasteiger charge is 2.29. The first-order chi connectivity index (χ1) is 25.9. The summed E-state index contributed by atoms with van der Waals surface area (Å²) >= 11 is 0. The number of anilines is 1. The highest BCUT2D eigenvalue weighted by atomic mass is 32.2. The SMILES string of the molecule is Cn1ccc(=O)n(-c2ccc(C[C@H](NC(=O)c3c(F)cc(NS(=O)(=O)c4ccc(-c5ncccn5)cn4)cc3F)C(=O)OCC3CCOCC3)cc2)c1=O. The lowest BCUT2D eigenvalue weighted by molar-refractivity contribution is -0.148. The molecule has 2 N–H and O–H groups in total. The lowest BCUT2D eigenvalue weighted by Gasteiger charge is -2.23. The van der Waals surface area contributed by atoms with E-state index in [0.29, 0.717) is 55.1 Å². The van der Waals surface area contributed by atoms with Crippen molar-refractivity contribution in [1.29, 1.82) is 0 Å². The van der Waals surface area contributed by atoms with Gasteiger partial charge in [-0.3, -0.25) is 14.3 Å². The minimum atomic E-state index is -4.43. The zero-order valence-electron chi connectivity index (χ0n) is 28.6. The van der Waals surface area contributed by atoms with Crippen LogP contribution in [-0.4, -0.2) is 70.2 Å². The number of carbonyl (C=O) groups excluding carboxylic acids is 2. The number of carbonyl (C=O) groups is 2. The molecule has 1 aliphatic heterocycles. The predicted octanol–water partition coefficient (Wildman–Crippen LogP) is 2.78. The van der Waals surface area contributed by atoms with Gasteiger partial charge in [-0.05, 0) is 66.8 Å². The van der Waals surface area contributed by atoms with Crippen molar-refractivity contribution < 1.29 is 36.3 Å². The van der Waals surface area contributed by atoms with Gasteiger partial charge in [0, 0.05) is 63.1 Å². The number of aromatic nitrogens is 5. The minimum absolute atomic E-state index is 0.0161. The number of sulfonamides is 1. The number of benzene rings is 2. The summed E-state index contributed by atoms with van der Waals surface area (Å²) in [4.78, 5) is 63.7. The number of hydrogen-bond acceptors (Lipinski definition) is 11. The van der Waals surface area contributed by atoms with Gasteiger partial charge in [-0.2, -0.15) is 8.42 Å². The third kappa shape index (κ3) is 8.72. The number of nitrogens with one attached hydrogen (secondary N) is 2. The van der Waals surface area contributed by atoms with E-state index in [9.17, 15) is 27.6 Å². The maximum atomic E-state index is 15.4. The fraction of sp³-hybridized carbons (Fsp3) is 0.250. The molecule has 0 radical (unpaired) electrons. The Balaban J connectivity index is 1.19. The Kier molecular flexibility index (Phi) is 11.3. The van der Waals surface area contributed by atoms with Crippen LogP contribution in [0.25, 0.3) is 17.1 Å². The highest BCUT2D eigenvalue weighted by molar-refractivity contribution is 7.92. The quantitative estimate of drug-likeness (QED) is 0.178. The molecule has 0 unspecified atom stereocenters. The van der Waals surface area contributed by atoms with Gasteiger partial charge in [-0.1, -0.05) is 12.1 Å². The van der Waals surface area contributed by atoms with E-state index in [2.05, 4.69) is 20.3 Å². The molecule has 3 aromatic heterocycles. The number of hydrogen-bond donors (Lipinski definition) is 2. The smallest absolute Gasteiger partial charge is 0.335 e. The molecule has 6 rings (SSSR count). The molecule has 0 bridgehead atoms. The molecule has 18 heteroatoms. The molecule has 1 atom stereocenters. The van der Waals surface area contributed by atoms with Gasteiger partial charge in [0.15, 0.2) is 10.9 Å². The van der Waals surface area contributed by atoms with E-state index in [-0.39, 0.29) is 24.6 Å². The molecule has 0 aliphatic carbocycles. The molecule has 2 aromatic carbocycles. The number of ether oxygens (including phenoxy) is 2. The normalized spacial score (nSPS) is 13.9. The molecule has 0 spiro atoms. The Hall–Kier alpha value is -6.14. The van der Waals surface area contributed by atoms with E-state index in [1.807, 2.05) is 4.72 Å². The van der Waals surface area contributed by atoms with Crippen molar-refractivity contribution in [1.82, 2.24) is 29.4 Å². The summed E-state index contributed by atoms with van der Waals surface area (Å²) in [6.45, 7) is 1.03. The van der Waals surface area contributed by atoms with Crippen molar-refractivity contribution in [3.8, 4) is 17.1 Å². The first-order valence-corrected chi connectivity index (χ1v) is 18.1. The van der Waals surface area contributed by atoms with E-state index in [1.165, 1.54) is 78.9 Å². The molecule has 4 heterocycles. The zero-order valence-corrected chi connectivity index (χ0v) is 29.5. The van der Waals surface area contributed by atoms with Crippen LogP contribution < -0.4 is 21.3 Å². The number of rotatable bonds is 12. The average Bonchev–Trinajstić information content (AvgIpc) is 3.16. The Bertz CT molecular complexity index is 2360. The monoisotopic (exact) mass is 761 g/mol. The van der Waals surface area contributed by atoms with Crippen LogP contribution in [0.2, 0.25) is 0 Å². The van der Waals surface area contributed by atoms with Crippen molar-refractivity contribution in [2.24, 2.45) is 13.0 Å². The van der Waals surface area contributed by atoms with Crippen molar-refractivity contribution in [3.05, 3.63) is 129 Å². The van der Waals surface area contributed by atoms with Gasteiger partial charge < -0.3 is 19.4 Å². The van der Waals surface area contributed by atoms with E-state index in [1.54, 1.807) is 6.07 Å². The van der Waals surface area contributed by atoms with Gasteiger partial charge in [0.1, 0.15) is 23.2 Å². The van der Waals surface area contributed by atoms with Gasteiger partial charge >= 0.3 is 11.7 Å². The lowest BCUT2D eigenvalue weighted by atomic mass is 10.0. The van der Waals surface area contributed by atoms with Crippen LogP contribution in [0, 0.1) is 17.6 Å². The molecular weight excluding hydrogens is 728 g/mol. The van der Waals surface area contributed by atoms with Gasteiger partial charge in [-0.25, -0.2) is 37.9 Å². The van der Waals surface area contributed by atoms with Crippen LogP contribution in [0.1, 0.15) is 28.8 Å². The van der Waals surface area contributed by atoms with Crippen molar-refractivity contribution in [2.45, 2.75) is 30.3 Å². The number of esters is 1. The Labute approximate surface area is 306 Å². The van der Waals surface area contributed by atoms with Gasteiger partial charge in [-0.15, -0.1) is 0 Å². The minimum Gasteiger partial charge on any atom is -0.464 e. The second-order valence-corrected chi connectivity index (χ2v) is 14.0. The maximum Gasteiger partial charge on any atom is 0.335 e. The molecule has 1 saturated heterocycles. The third-order valence-corrected chi connectivity index (χ3v) is 9.83. The summed E-state index contributed by atoms with van der Waals surface area (Å²) in [5.74, 6) is -4.67. The highest BCUT2D eigenvalue weighted by Crippen LogP contribution is 2.23. The lowest BCUT2D eigenvalue weighted by Crippen LogP contribution is -2.44. The summed E-state index contributed by atoms with van der Waals surface area (Å²) in [7, 11) is -2.94. The summed E-state index contributed by atoms with van der Waals surface area (Å²) in [5.41, 5.74) is -1.59. The second-order valence-electron chi connectivity index (χ2n) is 12.3. The molecule has 15 nitrogen and oxygen atoms in total. The Morgan fingerprint density at radius 2 is 1.67 bits per heavy atom. The number of nitrogens with zero attached hydrogens (tertiary/aromatic N) is 5. The van der Waals surface area contributed by atoms with Crippen LogP contribution in [0.5, 0.6) is 0 Å². The summed E-state index contributed by atoms with van der Waals surface area (Å²) in [6.07, 6.45) is 6.69. The van der Waals surface area contributed by atoms with Crippen LogP contribution in [-0.2, 0) is 37.8 Å². The standard InChI is InChI=1S/C36H33F2N7O8S/c1-44-14-9-31(46)45(36(44)49)26-6-3-22(4-7-26)17-29(35(48)53-21-23-10-15-52-16-11-23)42-34(47)32-27(37)18-25(19-28(32)38)43-54(50,51)30-8-5-24(20-41-30)33-39-12-2-13-40-33/h2-9,12-14,18-20,23,29,43H,10-11,15-17,21H2,1H3,(H,42,47)/t29-/m0/s1. The summed E-state index contributed by atoms with van der Waals surface area (Å²) in [6, 6.07) is 11.2. The molecule has 0 saturated carbocycles. The van der Waals surface area contributed by atoms with Crippen molar-refractivity contribution >= 4 is 27.6 Å². The molecule has 1 aliphatic rings. The molecular formula is C36H33F2N7O8S. The average molecular weight is 762 g/mol. The molecule has 5 aromatic rings. The van der Waals surface area contributed by atoms with Crippen LogP contribution in [0.15, 0.2) is 100 Å². The molecule has 54 heavy (non-hydrogen) atoms. The van der Waals surface area contributed by atoms with E-state index < -0.39 is 67.1 Å². The topological polar surface area (TPSA) is 193 Å². The number of halogens is 2. The van der Waals surface area contributed by atoms with Crippen LogP contribution >= 0.6 is 0 Å². The second kappa shape index (κ2) is 16.3. The Morgan fingerprint density at radius 1 is 0.981 bits per heavy atom. The number of pyridine rings is 1. The molecule has 1 amide bonds. The number of amides is 1. The fourth-order valence-electron chi connectivity index (χ4n) is 5.63. The predicted molar refractivity (Wildman–Crippen MR) is 189 cm³/mol. The van der Waals surface area contributed by atoms with Crippen LogP contribution in [0.4, 0.5) is 14.5 Å². The van der Waals surface area contributed by atoms with E-state index in [0.717, 1.165) is 4.57 Å². The first-order valence-electron chi connectivity index (χ1n) is 16.6. The summed E-state index contributed by atoms with van der Waals surface area (Å²) < 4.78 is 71.9. The summed E-state index contributed by atoms with van der Waals surface area (Å²) in [5, 5.41) is 1.89. The maximum absolute atomic E-state index is 15.4. The fourth-order valence-corrected chi connectivity index (χ4v) is 6.61. The van der Waals surface area contributed by atoms with E-state index >= 15 is 8.78 Å². The molecule has 280 valence electrons.